The number of nitrogens with zero attached hydrogens (tertiary/aromatic N) is 1. The van der Waals surface area contributed by atoms with Gasteiger partial charge in [-0.2, -0.15) is 0 Å². The molecule has 0 spiro atoms. The fraction of sp³-hybridized carbons (Fsp3) is 0.152. The van der Waals surface area contributed by atoms with E-state index in [1.165, 1.54) is 5.56 Å². The lowest BCUT2D eigenvalue weighted by Crippen LogP contribution is -2.36. The fourth-order valence-corrected chi connectivity index (χ4v) is 5.47. The standard InChI is InChI=1S/C33H28ClN3O4/c1-40-30-17-22-13-14-37(19-24(22)18-31(30)41-2)33(39)29-16-23-15-21(9-12-28(23)36-29)20-7-10-25(11-8-20)35-32(38)26-5-3-4-6-27(26)34/h3-12,15-18,36H,13-14,19H2,1-2H3,(H,35,38). The minimum Gasteiger partial charge on any atom is -0.493 e. The first-order valence-electron chi connectivity index (χ1n) is 13.3. The third-order valence-corrected chi connectivity index (χ3v) is 7.78. The zero-order valence-electron chi connectivity index (χ0n) is 22.7. The van der Waals surface area contributed by atoms with E-state index in [0.717, 1.165) is 34.0 Å². The summed E-state index contributed by atoms with van der Waals surface area (Å²) in [5.41, 5.74) is 6.78. The largest absolute Gasteiger partial charge is 0.493 e. The van der Waals surface area contributed by atoms with E-state index in [9.17, 15) is 9.59 Å². The summed E-state index contributed by atoms with van der Waals surface area (Å²) < 4.78 is 10.9. The number of H-pyrrole nitrogens is 1. The molecule has 2 amide bonds. The van der Waals surface area contributed by atoms with Crippen LogP contribution in [0.2, 0.25) is 5.02 Å². The van der Waals surface area contributed by atoms with Gasteiger partial charge in [-0.05, 0) is 83.3 Å². The van der Waals surface area contributed by atoms with Gasteiger partial charge in [-0.25, -0.2) is 0 Å². The van der Waals surface area contributed by atoms with Crippen molar-refractivity contribution in [1.29, 1.82) is 0 Å². The first-order valence-corrected chi connectivity index (χ1v) is 13.6. The molecule has 8 heteroatoms. The Bertz CT molecular complexity index is 1780. The van der Waals surface area contributed by atoms with Gasteiger partial charge in [0.25, 0.3) is 11.8 Å². The Morgan fingerprint density at radius 2 is 1.56 bits per heavy atom. The van der Waals surface area contributed by atoms with Gasteiger partial charge >= 0.3 is 0 Å². The molecule has 2 N–H and O–H groups in total. The smallest absolute Gasteiger partial charge is 0.270 e. The lowest BCUT2D eigenvalue weighted by atomic mass is 9.98. The van der Waals surface area contributed by atoms with Crippen molar-refractivity contribution in [3.63, 3.8) is 0 Å². The van der Waals surface area contributed by atoms with Crippen LogP contribution in [0.4, 0.5) is 5.69 Å². The van der Waals surface area contributed by atoms with E-state index in [1.54, 1.807) is 38.5 Å². The van der Waals surface area contributed by atoms with Crippen LogP contribution in [0.1, 0.15) is 32.0 Å². The van der Waals surface area contributed by atoms with E-state index < -0.39 is 0 Å². The number of hydrogen-bond donors (Lipinski definition) is 2. The lowest BCUT2D eigenvalue weighted by Gasteiger charge is -2.29. The van der Waals surface area contributed by atoms with Crippen molar-refractivity contribution in [2.45, 2.75) is 13.0 Å². The maximum Gasteiger partial charge on any atom is 0.270 e. The highest BCUT2D eigenvalue weighted by Gasteiger charge is 2.25. The second-order valence-electron chi connectivity index (χ2n) is 9.95. The molecule has 0 bridgehead atoms. The lowest BCUT2D eigenvalue weighted by molar-refractivity contribution is 0.0729. The zero-order chi connectivity index (χ0) is 28.5. The van der Waals surface area contributed by atoms with Crippen molar-refractivity contribution in [3.8, 4) is 22.6 Å². The number of carbonyl (C=O) groups excluding carboxylic acids is 2. The molecule has 6 rings (SSSR count). The first-order chi connectivity index (χ1) is 19.9. The van der Waals surface area contributed by atoms with E-state index >= 15 is 0 Å². The van der Waals surface area contributed by atoms with Crippen molar-refractivity contribution in [2.75, 3.05) is 26.1 Å². The summed E-state index contributed by atoms with van der Waals surface area (Å²) >= 11 is 6.15. The SMILES string of the molecule is COc1cc2c(cc1OC)CN(C(=O)c1cc3cc(-c4ccc(NC(=O)c5ccccc5Cl)cc4)ccc3[nH]1)CC2. The quantitative estimate of drug-likeness (QED) is 0.233. The summed E-state index contributed by atoms with van der Waals surface area (Å²) in [4.78, 5) is 31.2. The van der Waals surface area contributed by atoms with Crippen molar-refractivity contribution < 1.29 is 19.1 Å². The molecule has 2 heterocycles. The molecule has 5 aromatic rings. The van der Waals surface area contributed by atoms with E-state index in [1.807, 2.05) is 59.5 Å². The molecule has 0 atom stereocenters. The highest BCUT2D eigenvalue weighted by atomic mass is 35.5. The number of nitrogens with one attached hydrogen (secondary N) is 2. The molecular formula is C33H28ClN3O4. The van der Waals surface area contributed by atoms with Crippen LogP contribution in [0.25, 0.3) is 22.0 Å². The van der Waals surface area contributed by atoms with Gasteiger partial charge in [-0.1, -0.05) is 41.9 Å². The molecule has 0 aliphatic carbocycles. The molecule has 0 fully saturated rings. The van der Waals surface area contributed by atoms with Crippen LogP contribution in [0.3, 0.4) is 0 Å². The monoisotopic (exact) mass is 565 g/mol. The summed E-state index contributed by atoms with van der Waals surface area (Å²) in [6.45, 7) is 1.13. The van der Waals surface area contributed by atoms with Crippen molar-refractivity contribution in [3.05, 3.63) is 112 Å². The van der Waals surface area contributed by atoms with Crippen molar-refractivity contribution in [1.82, 2.24) is 9.88 Å². The molecule has 1 aliphatic heterocycles. The van der Waals surface area contributed by atoms with Crippen LogP contribution in [-0.2, 0) is 13.0 Å². The average Bonchev–Trinajstić information content (AvgIpc) is 3.44. The van der Waals surface area contributed by atoms with Crippen LogP contribution in [0.15, 0.2) is 84.9 Å². The number of halogens is 1. The normalized spacial score (nSPS) is 12.6. The molecule has 0 saturated carbocycles. The van der Waals surface area contributed by atoms with Crippen LogP contribution >= 0.6 is 11.6 Å². The van der Waals surface area contributed by atoms with Crippen LogP contribution < -0.4 is 14.8 Å². The second-order valence-corrected chi connectivity index (χ2v) is 10.4. The Kier molecular flexibility index (Phi) is 7.12. The number of aromatic nitrogens is 1. The summed E-state index contributed by atoms with van der Waals surface area (Å²) in [6.07, 6.45) is 0.751. The third kappa shape index (κ3) is 5.24. The molecule has 1 aromatic heterocycles. The number of aromatic amines is 1. The molecule has 0 unspecified atom stereocenters. The number of benzene rings is 4. The number of methoxy groups -OCH3 is 2. The Balaban J connectivity index is 1.18. The Labute approximate surface area is 242 Å². The highest BCUT2D eigenvalue weighted by Crippen LogP contribution is 2.34. The van der Waals surface area contributed by atoms with Gasteiger partial charge in [-0.15, -0.1) is 0 Å². The Morgan fingerprint density at radius 3 is 2.29 bits per heavy atom. The number of carbonyl (C=O) groups is 2. The summed E-state index contributed by atoms with van der Waals surface area (Å²) in [7, 11) is 3.24. The minimum absolute atomic E-state index is 0.0400. The molecule has 4 aromatic carbocycles. The van der Waals surface area contributed by atoms with Crippen molar-refractivity contribution in [2.24, 2.45) is 0 Å². The third-order valence-electron chi connectivity index (χ3n) is 7.45. The van der Waals surface area contributed by atoms with E-state index in [2.05, 4.69) is 16.4 Å². The predicted molar refractivity (Wildman–Crippen MR) is 161 cm³/mol. The topological polar surface area (TPSA) is 83.7 Å². The predicted octanol–water partition coefficient (Wildman–Crippen LogP) is 6.96. The molecule has 1 aliphatic rings. The van der Waals surface area contributed by atoms with Gasteiger partial charge in [0.2, 0.25) is 0 Å². The Morgan fingerprint density at radius 1 is 0.854 bits per heavy atom. The number of anilines is 1. The van der Waals surface area contributed by atoms with Crippen molar-refractivity contribution >= 4 is 40.0 Å². The van der Waals surface area contributed by atoms with Gasteiger partial charge in [0.15, 0.2) is 11.5 Å². The number of fused-ring (bicyclic) bond motifs is 2. The van der Waals surface area contributed by atoms with Crippen LogP contribution in [0, 0.1) is 0 Å². The molecule has 41 heavy (non-hydrogen) atoms. The molecule has 7 nitrogen and oxygen atoms in total. The van der Waals surface area contributed by atoms with E-state index in [0.29, 0.717) is 46.6 Å². The molecule has 206 valence electrons. The molecule has 0 saturated heterocycles. The van der Waals surface area contributed by atoms with Gasteiger partial charge < -0.3 is 24.7 Å². The second kappa shape index (κ2) is 11.0. The highest BCUT2D eigenvalue weighted by molar-refractivity contribution is 6.34. The zero-order valence-corrected chi connectivity index (χ0v) is 23.4. The first kappa shape index (κ1) is 26.5. The van der Waals surface area contributed by atoms with Crippen LogP contribution in [-0.4, -0.2) is 42.5 Å². The average molecular weight is 566 g/mol. The maximum absolute atomic E-state index is 13.5. The molecule has 0 radical (unpaired) electrons. The minimum atomic E-state index is -0.259. The summed E-state index contributed by atoms with van der Waals surface area (Å²) in [5, 5.41) is 4.25. The van der Waals surface area contributed by atoms with Crippen LogP contribution in [0.5, 0.6) is 11.5 Å². The summed E-state index contributed by atoms with van der Waals surface area (Å²) in [5.74, 6) is 1.07. The van der Waals surface area contributed by atoms with Gasteiger partial charge in [0.05, 0.1) is 24.8 Å². The molecular weight excluding hydrogens is 538 g/mol. The Hall–Kier alpha value is -4.75. The van der Waals surface area contributed by atoms with E-state index in [-0.39, 0.29) is 11.8 Å². The number of amides is 2. The number of rotatable bonds is 6. The summed E-state index contributed by atoms with van der Waals surface area (Å²) in [6, 6.07) is 26.5. The number of ether oxygens (including phenoxy) is 2. The van der Waals surface area contributed by atoms with Gasteiger partial charge in [0, 0.05) is 29.7 Å². The van der Waals surface area contributed by atoms with Gasteiger partial charge in [0.1, 0.15) is 5.69 Å². The van der Waals surface area contributed by atoms with E-state index in [4.69, 9.17) is 21.1 Å². The van der Waals surface area contributed by atoms with Gasteiger partial charge in [-0.3, -0.25) is 9.59 Å². The maximum atomic E-state index is 13.5. The fourth-order valence-electron chi connectivity index (χ4n) is 5.24. The number of hydrogen-bond acceptors (Lipinski definition) is 4.